The number of nitrogens with zero attached hydrogens (tertiary/aromatic N) is 2. The minimum Gasteiger partial charge on any atom is -0.468 e. The van der Waals surface area contributed by atoms with E-state index >= 15 is 0 Å². The van der Waals surface area contributed by atoms with Crippen LogP contribution in [0.1, 0.15) is 55.1 Å². The van der Waals surface area contributed by atoms with Crippen molar-refractivity contribution < 1.29 is 14.3 Å². The van der Waals surface area contributed by atoms with Crippen LogP contribution in [-0.2, 0) is 20.7 Å². The molecule has 3 aromatic rings. The molecule has 1 amide bonds. The Balaban J connectivity index is 1.44. The lowest BCUT2D eigenvalue weighted by atomic mass is 9.79. The van der Waals surface area contributed by atoms with Gasteiger partial charge in [-0.05, 0) is 48.6 Å². The number of carbonyl (C=O) groups is 2. The highest BCUT2D eigenvalue weighted by molar-refractivity contribution is 6.30. The number of benzene rings is 2. The van der Waals surface area contributed by atoms with E-state index in [0.29, 0.717) is 17.5 Å². The number of amides is 1. The molecule has 37 heavy (non-hydrogen) atoms. The van der Waals surface area contributed by atoms with E-state index in [2.05, 4.69) is 44.4 Å². The second-order valence-corrected chi connectivity index (χ2v) is 11.1. The Labute approximate surface area is 222 Å². The summed E-state index contributed by atoms with van der Waals surface area (Å²) in [7, 11) is 1.48. The highest BCUT2D eigenvalue weighted by atomic mass is 35.5. The molecular weight excluding hydrogens is 488 g/mol. The van der Waals surface area contributed by atoms with Gasteiger partial charge in [0.25, 0.3) is 0 Å². The highest BCUT2D eigenvalue weighted by Crippen LogP contribution is 2.50. The summed E-state index contributed by atoms with van der Waals surface area (Å²) in [5.74, 6) is -0.173. The third-order valence-electron chi connectivity index (χ3n) is 8.50. The van der Waals surface area contributed by atoms with Crippen LogP contribution in [-0.4, -0.2) is 65.0 Å². The maximum absolute atomic E-state index is 13.3. The number of H-pyrrole nitrogens is 1. The van der Waals surface area contributed by atoms with Crippen LogP contribution in [0.2, 0.25) is 5.02 Å². The minimum absolute atomic E-state index is 0.00549. The summed E-state index contributed by atoms with van der Waals surface area (Å²) in [5, 5.41) is 4.98. The van der Waals surface area contributed by atoms with Crippen molar-refractivity contribution in [2.24, 2.45) is 0 Å². The topological polar surface area (TPSA) is 77.7 Å². The average Bonchev–Trinajstić information content (AvgIpc) is 3.51. The van der Waals surface area contributed by atoms with Gasteiger partial charge in [0.1, 0.15) is 6.04 Å². The lowest BCUT2D eigenvalue weighted by Gasteiger charge is -2.52. The van der Waals surface area contributed by atoms with Crippen LogP contribution in [0.3, 0.4) is 0 Å². The number of carbonyl (C=O) groups excluding carboxylic acids is 2. The number of nitrogens with one attached hydrogen (secondary N) is 2. The summed E-state index contributed by atoms with van der Waals surface area (Å²) in [6, 6.07) is 16.5. The number of aromatic amines is 1. The molecule has 3 aliphatic heterocycles. The second kappa shape index (κ2) is 9.78. The summed E-state index contributed by atoms with van der Waals surface area (Å²) in [5.41, 5.74) is 4.64. The minimum atomic E-state index is -0.377. The molecule has 2 saturated heterocycles. The molecule has 2 fully saturated rings. The first-order valence-electron chi connectivity index (χ1n) is 13.1. The fraction of sp³-hybridized carbons (Fsp3) is 0.448. The van der Waals surface area contributed by atoms with Crippen LogP contribution >= 0.6 is 11.6 Å². The van der Waals surface area contributed by atoms with Crippen molar-refractivity contribution in [1.82, 2.24) is 20.1 Å². The molecule has 3 aliphatic rings. The average molecular weight is 521 g/mol. The van der Waals surface area contributed by atoms with Gasteiger partial charge in [0.05, 0.1) is 13.2 Å². The predicted molar refractivity (Wildman–Crippen MR) is 143 cm³/mol. The van der Waals surface area contributed by atoms with Crippen LogP contribution in [0.5, 0.6) is 0 Å². The van der Waals surface area contributed by atoms with Crippen molar-refractivity contribution >= 4 is 34.4 Å². The summed E-state index contributed by atoms with van der Waals surface area (Å²) in [4.78, 5) is 33.6. The van der Waals surface area contributed by atoms with Gasteiger partial charge in [0.15, 0.2) is 0 Å². The van der Waals surface area contributed by atoms with Crippen molar-refractivity contribution in [3.63, 3.8) is 0 Å². The van der Waals surface area contributed by atoms with Crippen molar-refractivity contribution in [2.45, 2.75) is 62.8 Å². The number of aromatic nitrogens is 1. The molecule has 1 aromatic heterocycles. The third kappa shape index (κ3) is 4.43. The quantitative estimate of drug-likeness (QED) is 0.499. The number of likely N-dealkylation sites (tertiary alicyclic amines) is 1. The summed E-state index contributed by atoms with van der Waals surface area (Å²) in [6.07, 6.45) is 3.34. The van der Waals surface area contributed by atoms with Gasteiger partial charge in [-0.1, -0.05) is 41.9 Å². The molecule has 5 atom stereocenters. The van der Waals surface area contributed by atoms with E-state index in [0.717, 1.165) is 43.4 Å². The van der Waals surface area contributed by atoms with Crippen LogP contribution in [0.25, 0.3) is 10.9 Å². The van der Waals surface area contributed by atoms with Gasteiger partial charge in [-0.2, -0.15) is 0 Å². The van der Waals surface area contributed by atoms with E-state index in [1.54, 1.807) is 6.92 Å². The van der Waals surface area contributed by atoms with Crippen LogP contribution in [0, 0.1) is 0 Å². The molecule has 8 heteroatoms. The summed E-state index contributed by atoms with van der Waals surface area (Å²) < 4.78 is 5.36. The molecule has 0 radical (unpaired) electrons. The number of methoxy groups -OCH3 is 1. The fourth-order valence-corrected chi connectivity index (χ4v) is 7.18. The lowest BCUT2D eigenvalue weighted by molar-refractivity contribution is -0.152. The number of ether oxygens (including phenoxy) is 1. The van der Waals surface area contributed by atoms with Gasteiger partial charge in [0.2, 0.25) is 5.91 Å². The van der Waals surface area contributed by atoms with Gasteiger partial charge < -0.3 is 15.0 Å². The Bertz CT molecular complexity index is 1340. The Morgan fingerprint density at radius 1 is 1.11 bits per heavy atom. The maximum Gasteiger partial charge on any atom is 0.323 e. The second-order valence-electron chi connectivity index (χ2n) is 10.6. The molecular formula is C29H33ClN4O3. The number of para-hydroxylation sites is 1. The largest absolute Gasteiger partial charge is 0.468 e. The third-order valence-corrected chi connectivity index (χ3v) is 8.73. The van der Waals surface area contributed by atoms with Gasteiger partial charge >= 0.3 is 5.97 Å². The Hall–Kier alpha value is -2.87. The Morgan fingerprint density at radius 3 is 2.70 bits per heavy atom. The molecule has 7 nitrogen and oxygen atoms in total. The van der Waals surface area contributed by atoms with Gasteiger partial charge in [0, 0.05) is 66.2 Å². The molecule has 0 saturated carbocycles. The molecule has 2 N–H and O–H groups in total. The van der Waals surface area contributed by atoms with E-state index in [1.807, 2.05) is 24.3 Å². The number of fused-ring (bicyclic) bond motifs is 5. The van der Waals surface area contributed by atoms with Crippen LogP contribution in [0.15, 0.2) is 48.5 Å². The molecule has 2 aromatic carbocycles. The SMILES string of the molecule is COC(=O)[C@@H]1Cc2c([nH]c3ccccc23)[C@@H]2C[C@H](N3CC[C@H](NC(C)=O)C3)C[C@@H](c3cccc(Cl)c3)N12. The van der Waals surface area contributed by atoms with Crippen LogP contribution < -0.4 is 5.32 Å². The van der Waals surface area contributed by atoms with Crippen molar-refractivity contribution in [2.75, 3.05) is 20.2 Å². The maximum atomic E-state index is 13.3. The number of halogens is 1. The predicted octanol–water partition coefficient (Wildman–Crippen LogP) is 4.38. The van der Waals surface area contributed by atoms with Crippen molar-refractivity contribution in [3.8, 4) is 0 Å². The van der Waals surface area contributed by atoms with Crippen molar-refractivity contribution in [1.29, 1.82) is 0 Å². The van der Waals surface area contributed by atoms with E-state index in [-0.39, 0.29) is 36.0 Å². The molecule has 0 aliphatic carbocycles. The normalized spacial score (nSPS) is 28.0. The number of hydrogen-bond donors (Lipinski definition) is 2. The number of piperidine rings is 1. The van der Waals surface area contributed by atoms with E-state index in [1.165, 1.54) is 23.8 Å². The zero-order valence-corrected chi connectivity index (χ0v) is 22.0. The van der Waals surface area contributed by atoms with E-state index < -0.39 is 0 Å². The van der Waals surface area contributed by atoms with Gasteiger partial charge in [-0.25, -0.2) is 0 Å². The van der Waals surface area contributed by atoms with E-state index in [9.17, 15) is 9.59 Å². The van der Waals surface area contributed by atoms with E-state index in [4.69, 9.17) is 16.3 Å². The highest BCUT2D eigenvalue weighted by Gasteiger charge is 2.49. The molecule has 0 spiro atoms. The Morgan fingerprint density at radius 2 is 1.92 bits per heavy atom. The standard InChI is InChI=1S/C29H33ClN4O3/c1-17(35)31-20-10-11-33(16-20)21-13-25(18-6-5-7-19(30)12-18)34-26(14-21)28-23(15-27(34)29(36)37-2)22-8-3-4-9-24(22)32-28/h3-9,12,20-21,25-27,32H,10-11,13-16H2,1-2H3,(H,31,35)/t20-,21+,25-,26-,27-/m0/s1. The summed E-state index contributed by atoms with van der Waals surface area (Å²) in [6.45, 7) is 3.38. The number of rotatable bonds is 4. The molecule has 194 valence electrons. The first-order chi connectivity index (χ1) is 17.9. The Kier molecular flexibility index (Phi) is 6.47. The first-order valence-corrected chi connectivity index (χ1v) is 13.5. The lowest BCUT2D eigenvalue weighted by Crippen LogP contribution is -2.56. The van der Waals surface area contributed by atoms with Crippen LogP contribution in [0.4, 0.5) is 0 Å². The first kappa shape index (κ1) is 24.5. The van der Waals surface area contributed by atoms with Crippen molar-refractivity contribution in [3.05, 3.63) is 70.4 Å². The smallest absolute Gasteiger partial charge is 0.323 e. The number of esters is 1. The monoisotopic (exact) mass is 520 g/mol. The fourth-order valence-electron chi connectivity index (χ4n) is 6.98. The zero-order chi connectivity index (χ0) is 25.7. The molecule has 4 heterocycles. The van der Waals surface area contributed by atoms with Gasteiger partial charge in [-0.3, -0.25) is 19.4 Å². The number of hydrogen-bond acceptors (Lipinski definition) is 5. The van der Waals surface area contributed by atoms with Gasteiger partial charge in [-0.15, -0.1) is 0 Å². The zero-order valence-electron chi connectivity index (χ0n) is 21.2. The molecule has 0 unspecified atom stereocenters. The molecule has 6 rings (SSSR count). The molecule has 0 bridgehead atoms. The summed E-state index contributed by atoms with van der Waals surface area (Å²) >= 11 is 6.46.